The van der Waals surface area contributed by atoms with Crippen LogP contribution in [0.5, 0.6) is 0 Å². The van der Waals surface area contributed by atoms with E-state index < -0.39 is 11.5 Å². The number of nitrogens with zero attached hydrogens (tertiary/aromatic N) is 2. The van der Waals surface area contributed by atoms with Gasteiger partial charge in [-0.15, -0.1) is 0 Å². The van der Waals surface area contributed by atoms with Crippen LogP contribution in [-0.2, 0) is 6.54 Å². The van der Waals surface area contributed by atoms with E-state index in [0.29, 0.717) is 11.1 Å². The first-order valence-corrected chi connectivity index (χ1v) is 7.05. The Morgan fingerprint density at radius 3 is 2.52 bits per heavy atom. The highest BCUT2D eigenvalue weighted by atomic mass is 16.4. The summed E-state index contributed by atoms with van der Waals surface area (Å²) in [6.45, 7) is 1.79. The molecule has 2 rings (SSSR count). The van der Waals surface area contributed by atoms with Crippen molar-refractivity contribution in [1.82, 2.24) is 9.47 Å². The van der Waals surface area contributed by atoms with Gasteiger partial charge in [-0.1, -0.05) is 12.1 Å². The number of benzene rings is 1. The maximum atomic E-state index is 12.3. The molecule has 6 nitrogen and oxygen atoms in total. The number of carbonyl (C=O) groups is 2. The van der Waals surface area contributed by atoms with Crippen molar-refractivity contribution in [2.75, 3.05) is 14.1 Å². The van der Waals surface area contributed by atoms with Gasteiger partial charge in [0.05, 0.1) is 6.54 Å². The molecule has 0 unspecified atom stereocenters. The van der Waals surface area contributed by atoms with E-state index in [4.69, 9.17) is 5.11 Å². The van der Waals surface area contributed by atoms with Gasteiger partial charge in [0.25, 0.3) is 11.5 Å². The number of amides is 1. The van der Waals surface area contributed by atoms with E-state index in [0.717, 1.165) is 5.56 Å². The third kappa shape index (κ3) is 3.48. The molecule has 0 bridgehead atoms. The van der Waals surface area contributed by atoms with Crippen molar-refractivity contribution in [3.8, 4) is 0 Å². The van der Waals surface area contributed by atoms with Crippen LogP contribution < -0.4 is 5.56 Å². The van der Waals surface area contributed by atoms with Crippen LogP contribution >= 0.6 is 0 Å². The van der Waals surface area contributed by atoms with Crippen molar-refractivity contribution in [1.29, 1.82) is 0 Å². The van der Waals surface area contributed by atoms with Crippen LogP contribution in [0.15, 0.2) is 41.3 Å². The summed E-state index contributed by atoms with van der Waals surface area (Å²) in [6, 6.07) is 8.53. The van der Waals surface area contributed by atoms with Crippen LogP contribution in [0, 0.1) is 6.92 Å². The fraction of sp³-hybridized carbons (Fsp3) is 0.235. The molecule has 0 radical (unpaired) electrons. The second-order valence-corrected chi connectivity index (χ2v) is 5.51. The molecule has 0 fully saturated rings. The number of aryl methyl sites for hydroxylation is 1. The summed E-state index contributed by atoms with van der Waals surface area (Å²) in [6.07, 6.45) is 1.56. The Morgan fingerprint density at radius 2 is 1.91 bits per heavy atom. The summed E-state index contributed by atoms with van der Waals surface area (Å²) < 4.78 is 1.33. The van der Waals surface area contributed by atoms with Crippen molar-refractivity contribution in [2.45, 2.75) is 13.5 Å². The minimum atomic E-state index is -1.24. The van der Waals surface area contributed by atoms with E-state index in [1.165, 1.54) is 9.47 Å². The van der Waals surface area contributed by atoms with Crippen molar-refractivity contribution >= 4 is 11.9 Å². The van der Waals surface area contributed by atoms with Crippen molar-refractivity contribution < 1.29 is 14.7 Å². The molecular formula is C17H18N2O4. The standard InChI is InChI=1S/C17H18N2O4/c1-11-7-8-19(16(21)14(11)17(22)23)10-12-5-4-6-13(9-12)15(20)18(2)3/h4-9H,10H2,1-3H3,(H,22,23). The number of carboxylic acids is 1. The highest BCUT2D eigenvalue weighted by molar-refractivity contribution is 5.94. The lowest BCUT2D eigenvalue weighted by Gasteiger charge is -2.12. The molecule has 23 heavy (non-hydrogen) atoms. The lowest BCUT2D eigenvalue weighted by molar-refractivity contribution is 0.0693. The number of hydrogen-bond acceptors (Lipinski definition) is 3. The third-order valence-corrected chi connectivity index (χ3v) is 3.52. The van der Waals surface area contributed by atoms with Gasteiger partial charge in [-0.25, -0.2) is 4.79 Å². The summed E-state index contributed by atoms with van der Waals surface area (Å²) >= 11 is 0. The van der Waals surface area contributed by atoms with E-state index in [9.17, 15) is 14.4 Å². The maximum absolute atomic E-state index is 12.3. The molecule has 2 aromatic rings. The molecule has 0 saturated heterocycles. The summed E-state index contributed by atoms with van der Waals surface area (Å²) in [7, 11) is 3.33. The summed E-state index contributed by atoms with van der Waals surface area (Å²) in [5, 5.41) is 9.15. The van der Waals surface area contributed by atoms with Gasteiger partial charge in [-0.05, 0) is 36.2 Å². The average molecular weight is 314 g/mol. The van der Waals surface area contributed by atoms with Crippen LogP contribution in [-0.4, -0.2) is 40.5 Å². The fourth-order valence-electron chi connectivity index (χ4n) is 2.31. The van der Waals surface area contributed by atoms with Crippen molar-refractivity contribution in [3.63, 3.8) is 0 Å². The van der Waals surface area contributed by atoms with E-state index in [1.54, 1.807) is 57.5 Å². The van der Waals surface area contributed by atoms with Gasteiger partial charge in [0.1, 0.15) is 5.56 Å². The molecule has 0 aliphatic carbocycles. The summed E-state index contributed by atoms with van der Waals surface area (Å²) in [4.78, 5) is 36.9. The Bertz CT molecular complexity index is 822. The van der Waals surface area contributed by atoms with E-state index >= 15 is 0 Å². The first-order valence-electron chi connectivity index (χ1n) is 7.05. The predicted molar refractivity (Wildman–Crippen MR) is 86.0 cm³/mol. The first-order chi connectivity index (χ1) is 10.8. The Kier molecular flexibility index (Phi) is 4.64. The number of aromatic carboxylic acids is 1. The van der Waals surface area contributed by atoms with Gasteiger partial charge in [0.15, 0.2) is 0 Å². The van der Waals surface area contributed by atoms with Crippen LogP contribution in [0.3, 0.4) is 0 Å². The monoisotopic (exact) mass is 314 g/mol. The van der Waals surface area contributed by atoms with Crippen LogP contribution in [0.1, 0.15) is 31.8 Å². The number of rotatable bonds is 4. The van der Waals surface area contributed by atoms with Gasteiger partial charge in [-0.2, -0.15) is 0 Å². The van der Waals surface area contributed by atoms with Crippen LogP contribution in [0.4, 0.5) is 0 Å². The predicted octanol–water partition coefficient (Wildman–Crippen LogP) is 1.61. The number of hydrogen-bond donors (Lipinski definition) is 1. The summed E-state index contributed by atoms with van der Waals surface area (Å²) in [5.41, 5.74) is 0.913. The number of carbonyl (C=O) groups excluding carboxylic acids is 1. The van der Waals surface area contributed by atoms with Crippen LogP contribution in [0.2, 0.25) is 0 Å². The third-order valence-electron chi connectivity index (χ3n) is 3.52. The van der Waals surface area contributed by atoms with E-state index in [2.05, 4.69) is 0 Å². The number of pyridine rings is 1. The Hall–Kier alpha value is -2.89. The minimum absolute atomic E-state index is 0.130. The van der Waals surface area contributed by atoms with Gasteiger partial charge >= 0.3 is 5.97 Å². The SMILES string of the molecule is Cc1ccn(Cc2cccc(C(=O)N(C)C)c2)c(=O)c1C(=O)O. The molecule has 0 atom stereocenters. The highest BCUT2D eigenvalue weighted by Gasteiger charge is 2.15. The zero-order chi connectivity index (χ0) is 17.1. The molecular weight excluding hydrogens is 296 g/mol. The van der Waals surface area contributed by atoms with Crippen LogP contribution in [0.25, 0.3) is 0 Å². The minimum Gasteiger partial charge on any atom is -0.477 e. The van der Waals surface area contributed by atoms with Crippen molar-refractivity contribution in [2.24, 2.45) is 0 Å². The molecule has 120 valence electrons. The quantitative estimate of drug-likeness (QED) is 0.929. The topological polar surface area (TPSA) is 79.6 Å². The maximum Gasteiger partial charge on any atom is 0.341 e. The molecule has 1 N–H and O–H groups in total. The zero-order valence-corrected chi connectivity index (χ0v) is 13.2. The van der Waals surface area contributed by atoms with Gasteiger partial charge < -0.3 is 14.6 Å². The van der Waals surface area contributed by atoms with E-state index in [1.807, 2.05) is 0 Å². The zero-order valence-electron chi connectivity index (χ0n) is 13.2. The highest BCUT2D eigenvalue weighted by Crippen LogP contribution is 2.09. The normalized spacial score (nSPS) is 10.4. The van der Waals surface area contributed by atoms with Gasteiger partial charge in [0.2, 0.25) is 0 Å². The molecule has 0 spiro atoms. The molecule has 1 heterocycles. The lowest BCUT2D eigenvalue weighted by Crippen LogP contribution is -2.27. The lowest BCUT2D eigenvalue weighted by atomic mass is 10.1. The Balaban J connectivity index is 2.39. The smallest absolute Gasteiger partial charge is 0.341 e. The second kappa shape index (κ2) is 6.48. The number of carboxylic acid groups (broad SMARTS) is 1. The molecule has 6 heteroatoms. The van der Waals surface area contributed by atoms with E-state index in [-0.39, 0.29) is 18.0 Å². The molecule has 1 aromatic carbocycles. The molecule has 1 amide bonds. The van der Waals surface area contributed by atoms with Gasteiger partial charge in [-0.3, -0.25) is 9.59 Å². The van der Waals surface area contributed by atoms with Gasteiger partial charge in [0, 0.05) is 25.9 Å². The molecule has 0 aliphatic rings. The summed E-state index contributed by atoms with van der Waals surface area (Å²) in [5.74, 6) is -1.37. The molecule has 0 aliphatic heterocycles. The molecule has 0 saturated carbocycles. The fourth-order valence-corrected chi connectivity index (χ4v) is 2.31. The van der Waals surface area contributed by atoms with Crippen molar-refractivity contribution in [3.05, 3.63) is 69.1 Å². The number of aromatic nitrogens is 1. The molecule has 1 aromatic heterocycles. The largest absolute Gasteiger partial charge is 0.477 e. The average Bonchev–Trinajstić information content (AvgIpc) is 2.49. The second-order valence-electron chi connectivity index (χ2n) is 5.51. The Labute approximate surface area is 133 Å². The Morgan fingerprint density at radius 1 is 1.22 bits per heavy atom. The first kappa shape index (κ1) is 16.5.